The quantitative estimate of drug-likeness (QED) is 0.244. The smallest absolute Gasteiger partial charge is 0.369 e. The monoisotopic (exact) mass is 557 g/mol. The zero-order valence-electron chi connectivity index (χ0n) is 22.0. The van der Waals surface area contributed by atoms with Gasteiger partial charge in [-0.1, -0.05) is 53.2 Å². The number of halogens is 1. The van der Waals surface area contributed by atoms with E-state index in [4.69, 9.17) is 35.8 Å². The molecule has 11 heteroatoms. The van der Waals surface area contributed by atoms with Crippen LogP contribution in [0, 0.1) is 11.8 Å². The number of benzene rings is 1. The van der Waals surface area contributed by atoms with Crippen LogP contribution in [0.2, 0.25) is 5.02 Å². The fourth-order valence-electron chi connectivity index (χ4n) is 5.50. The van der Waals surface area contributed by atoms with E-state index < -0.39 is 11.9 Å². The molecule has 1 N–H and O–H groups in total. The van der Waals surface area contributed by atoms with Crippen molar-refractivity contribution in [2.75, 3.05) is 7.11 Å². The predicted octanol–water partition coefficient (Wildman–Crippen LogP) is 5.61. The third-order valence-corrected chi connectivity index (χ3v) is 7.71. The molecule has 0 radical (unpaired) electrons. The molecule has 1 unspecified atom stereocenters. The van der Waals surface area contributed by atoms with Crippen LogP contribution < -0.4 is 5.76 Å². The van der Waals surface area contributed by atoms with Gasteiger partial charge in [-0.2, -0.15) is 0 Å². The number of nitrogens with one attached hydrogen (secondary N) is 1. The maximum Gasteiger partial charge on any atom is 0.439 e. The molecule has 204 valence electrons. The van der Waals surface area contributed by atoms with Gasteiger partial charge in [0.1, 0.15) is 23.1 Å². The number of ether oxygens (including phenoxy) is 1. The maximum absolute atomic E-state index is 11.7. The molecule has 40 heavy (non-hydrogen) atoms. The molecule has 0 bridgehead atoms. The zero-order chi connectivity index (χ0) is 27.6. The second-order valence-electron chi connectivity index (χ2n) is 10.0. The fraction of sp³-hybridized carbons (Fsp3) is 0.310. The van der Waals surface area contributed by atoms with Crippen molar-refractivity contribution in [1.82, 2.24) is 34.6 Å². The molecule has 1 saturated carbocycles. The van der Waals surface area contributed by atoms with Crippen molar-refractivity contribution < 1.29 is 9.26 Å². The SMILES string of the molecule is C=C[C@H]1CC[C@H](Cn2c(C(OC)c3ccccc3)nc3nc(-c4noc(=O)[nH]4)nc(-c4cncc(Cl)c4)c32)CC1. The van der Waals surface area contributed by atoms with Gasteiger partial charge in [0.2, 0.25) is 11.6 Å². The van der Waals surface area contributed by atoms with Crippen molar-refractivity contribution in [3.05, 3.63) is 88.4 Å². The van der Waals surface area contributed by atoms with Crippen molar-refractivity contribution in [3.8, 4) is 22.9 Å². The second-order valence-corrected chi connectivity index (χ2v) is 10.5. The number of imidazole rings is 1. The molecule has 5 aromatic rings. The lowest BCUT2D eigenvalue weighted by atomic mass is 9.82. The highest BCUT2D eigenvalue weighted by Crippen LogP contribution is 2.37. The summed E-state index contributed by atoms with van der Waals surface area (Å²) in [4.78, 5) is 33.1. The number of rotatable bonds is 8. The molecule has 10 nitrogen and oxygen atoms in total. The van der Waals surface area contributed by atoms with Crippen LogP contribution in [-0.2, 0) is 11.3 Å². The van der Waals surface area contributed by atoms with Gasteiger partial charge in [-0.3, -0.25) is 14.5 Å². The summed E-state index contributed by atoms with van der Waals surface area (Å²) in [6.45, 7) is 4.71. The molecule has 0 spiro atoms. The van der Waals surface area contributed by atoms with Crippen LogP contribution in [0.15, 0.2) is 70.8 Å². The van der Waals surface area contributed by atoms with Crippen molar-refractivity contribution in [1.29, 1.82) is 0 Å². The van der Waals surface area contributed by atoms with Gasteiger partial charge in [-0.25, -0.2) is 19.7 Å². The van der Waals surface area contributed by atoms with E-state index in [0.29, 0.717) is 46.1 Å². The molecule has 6 rings (SSSR count). The van der Waals surface area contributed by atoms with E-state index in [1.807, 2.05) is 30.3 Å². The molecule has 1 atom stereocenters. The fourth-order valence-corrected chi connectivity index (χ4v) is 5.67. The summed E-state index contributed by atoms with van der Waals surface area (Å²) in [6.07, 6.45) is 9.25. The number of aromatic amines is 1. The van der Waals surface area contributed by atoms with Crippen LogP contribution >= 0.6 is 11.6 Å². The number of aromatic nitrogens is 7. The Balaban J connectivity index is 1.59. The largest absolute Gasteiger partial charge is 0.439 e. The number of methoxy groups -OCH3 is 1. The first-order valence-electron chi connectivity index (χ1n) is 13.2. The first-order valence-corrected chi connectivity index (χ1v) is 13.6. The van der Waals surface area contributed by atoms with Gasteiger partial charge in [0.15, 0.2) is 5.65 Å². The Labute approximate surface area is 235 Å². The molecular formula is C29H28ClN7O3. The Bertz CT molecular complexity index is 1700. The first-order chi connectivity index (χ1) is 19.5. The molecule has 1 aliphatic rings. The van der Waals surface area contributed by atoms with Crippen molar-refractivity contribution in [2.24, 2.45) is 11.8 Å². The van der Waals surface area contributed by atoms with E-state index in [9.17, 15) is 4.79 Å². The van der Waals surface area contributed by atoms with E-state index in [1.54, 1.807) is 25.6 Å². The normalized spacial score (nSPS) is 18.1. The van der Waals surface area contributed by atoms with Gasteiger partial charge in [-0.15, -0.1) is 6.58 Å². The molecular weight excluding hydrogens is 530 g/mol. The Morgan fingerprint density at radius 3 is 2.65 bits per heavy atom. The predicted molar refractivity (Wildman–Crippen MR) is 151 cm³/mol. The average Bonchev–Trinajstić information content (AvgIpc) is 3.57. The van der Waals surface area contributed by atoms with E-state index in [1.165, 1.54) is 0 Å². The van der Waals surface area contributed by atoms with E-state index in [0.717, 1.165) is 36.8 Å². The zero-order valence-corrected chi connectivity index (χ0v) is 22.7. The average molecular weight is 558 g/mol. The van der Waals surface area contributed by atoms with Crippen LogP contribution in [0.3, 0.4) is 0 Å². The molecule has 0 amide bonds. The standard InChI is InChI=1S/C29H28ClN7O3/c1-3-17-9-11-18(12-10-17)16-37-23-22(20-13-21(30)15-31-14-20)32-26(27-35-29(38)40-36-27)33-25(23)34-28(37)24(39-2)19-7-5-4-6-8-19/h3-8,13-15,17-18,24H,1,9-12,16H2,2H3,(H,35,36,38)/t17-,18-,24?. The highest BCUT2D eigenvalue weighted by atomic mass is 35.5. The Morgan fingerprint density at radius 2 is 1.98 bits per heavy atom. The van der Waals surface area contributed by atoms with E-state index in [-0.39, 0.29) is 11.6 Å². The summed E-state index contributed by atoms with van der Waals surface area (Å²) in [5.41, 5.74) is 3.40. The van der Waals surface area contributed by atoms with Crippen molar-refractivity contribution >= 4 is 22.8 Å². The lowest BCUT2D eigenvalue weighted by Crippen LogP contribution is -2.21. The highest BCUT2D eigenvalue weighted by molar-refractivity contribution is 6.30. The number of pyridine rings is 1. The number of fused-ring (bicyclic) bond motifs is 1. The van der Waals surface area contributed by atoms with Gasteiger partial charge < -0.3 is 9.30 Å². The lowest BCUT2D eigenvalue weighted by Gasteiger charge is -2.28. The van der Waals surface area contributed by atoms with Crippen LogP contribution in [0.1, 0.15) is 43.2 Å². The third kappa shape index (κ3) is 5.07. The summed E-state index contributed by atoms with van der Waals surface area (Å²) in [6, 6.07) is 11.8. The molecule has 1 aromatic carbocycles. The van der Waals surface area contributed by atoms with Gasteiger partial charge in [0, 0.05) is 31.6 Å². The Morgan fingerprint density at radius 1 is 1.18 bits per heavy atom. The van der Waals surface area contributed by atoms with Crippen LogP contribution in [0.4, 0.5) is 0 Å². The first kappa shape index (κ1) is 26.1. The molecule has 0 saturated heterocycles. The molecule has 4 aromatic heterocycles. The molecule has 4 heterocycles. The summed E-state index contributed by atoms with van der Waals surface area (Å²) in [5, 5.41) is 4.27. The van der Waals surface area contributed by atoms with Gasteiger partial charge in [0.25, 0.3) is 0 Å². The molecule has 1 aliphatic carbocycles. The summed E-state index contributed by atoms with van der Waals surface area (Å²) >= 11 is 6.36. The number of hydrogen-bond donors (Lipinski definition) is 1. The maximum atomic E-state index is 11.7. The number of H-pyrrole nitrogens is 1. The highest BCUT2D eigenvalue weighted by Gasteiger charge is 2.29. The minimum Gasteiger partial charge on any atom is -0.369 e. The lowest BCUT2D eigenvalue weighted by molar-refractivity contribution is 0.124. The van der Waals surface area contributed by atoms with Gasteiger partial charge >= 0.3 is 5.76 Å². The van der Waals surface area contributed by atoms with E-state index in [2.05, 4.69) is 32.3 Å². The minimum absolute atomic E-state index is 0.105. The van der Waals surface area contributed by atoms with Gasteiger partial charge in [0.05, 0.1) is 5.02 Å². The molecule has 1 fully saturated rings. The Kier molecular flexibility index (Phi) is 7.27. The minimum atomic E-state index is -0.700. The molecule has 0 aliphatic heterocycles. The van der Waals surface area contributed by atoms with E-state index >= 15 is 0 Å². The van der Waals surface area contributed by atoms with Crippen LogP contribution in [0.5, 0.6) is 0 Å². The van der Waals surface area contributed by atoms with Crippen LogP contribution in [-0.4, -0.2) is 41.8 Å². The third-order valence-electron chi connectivity index (χ3n) is 7.50. The topological polar surface area (TPSA) is 125 Å². The van der Waals surface area contributed by atoms with Gasteiger partial charge in [-0.05, 0) is 49.1 Å². The summed E-state index contributed by atoms with van der Waals surface area (Å²) in [7, 11) is 1.68. The summed E-state index contributed by atoms with van der Waals surface area (Å²) in [5.74, 6) is 1.27. The number of nitrogens with zero attached hydrogens (tertiary/aromatic N) is 6. The van der Waals surface area contributed by atoms with Crippen LogP contribution in [0.25, 0.3) is 34.1 Å². The van der Waals surface area contributed by atoms with Crippen molar-refractivity contribution in [3.63, 3.8) is 0 Å². The number of allylic oxidation sites excluding steroid dienone is 1. The second kappa shape index (κ2) is 11.1. The number of hydrogen-bond acceptors (Lipinski definition) is 8. The summed E-state index contributed by atoms with van der Waals surface area (Å²) < 4.78 is 13.0. The Hall–Kier alpha value is -4.15. The van der Waals surface area contributed by atoms with Crippen molar-refractivity contribution in [2.45, 2.75) is 38.3 Å².